The van der Waals surface area contributed by atoms with Gasteiger partial charge < -0.3 is 10.6 Å². The lowest BCUT2D eigenvalue weighted by Crippen LogP contribution is -2.21. The normalized spacial score (nSPS) is 20.1. The molecule has 2 rings (SSSR count). The van der Waals surface area contributed by atoms with Crippen LogP contribution in [-0.2, 0) is 0 Å². The van der Waals surface area contributed by atoms with Gasteiger partial charge in [-0.3, -0.25) is 10.1 Å². The SMILES string of the molecule is O=[N+]([O-])c1cccc(NC2CCNC2)c1. The quantitative estimate of drug-likeness (QED) is 0.580. The van der Waals surface area contributed by atoms with Crippen LogP contribution in [0.1, 0.15) is 6.42 Å². The third-order valence-electron chi connectivity index (χ3n) is 2.49. The summed E-state index contributed by atoms with van der Waals surface area (Å²) in [5.74, 6) is 0. The molecular formula is C10H13N3O2. The molecule has 80 valence electrons. The van der Waals surface area contributed by atoms with E-state index >= 15 is 0 Å². The fourth-order valence-corrected chi connectivity index (χ4v) is 1.72. The van der Waals surface area contributed by atoms with E-state index in [1.165, 1.54) is 6.07 Å². The van der Waals surface area contributed by atoms with Crippen LogP contribution < -0.4 is 10.6 Å². The minimum Gasteiger partial charge on any atom is -0.381 e. The Kier molecular flexibility index (Phi) is 2.82. The third-order valence-corrected chi connectivity index (χ3v) is 2.49. The van der Waals surface area contributed by atoms with E-state index in [0.717, 1.165) is 25.2 Å². The van der Waals surface area contributed by atoms with Gasteiger partial charge in [-0.25, -0.2) is 0 Å². The molecule has 1 saturated heterocycles. The van der Waals surface area contributed by atoms with Crippen molar-refractivity contribution in [2.75, 3.05) is 18.4 Å². The average Bonchev–Trinajstić information content (AvgIpc) is 2.71. The van der Waals surface area contributed by atoms with E-state index in [2.05, 4.69) is 10.6 Å². The Labute approximate surface area is 87.6 Å². The topological polar surface area (TPSA) is 67.2 Å². The maximum atomic E-state index is 10.6. The lowest BCUT2D eigenvalue weighted by atomic mass is 10.2. The molecule has 2 N–H and O–H groups in total. The van der Waals surface area contributed by atoms with Crippen LogP contribution in [0.25, 0.3) is 0 Å². The predicted octanol–water partition coefficient (Wildman–Crippen LogP) is 1.37. The molecule has 0 bridgehead atoms. The zero-order valence-electron chi connectivity index (χ0n) is 8.27. The molecule has 0 spiro atoms. The van der Waals surface area contributed by atoms with Gasteiger partial charge in [0, 0.05) is 30.4 Å². The lowest BCUT2D eigenvalue weighted by molar-refractivity contribution is -0.384. The van der Waals surface area contributed by atoms with Crippen LogP contribution in [0.3, 0.4) is 0 Å². The molecule has 1 aliphatic rings. The Morgan fingerprint density at radius 3 is 3.07 bits per heavy atom. The van der Waals surface area contributed by atoms with Gasteiger partial charge in [-0.1, -0.05) is 6.07 Å². The van der Waals surface area contributed by atoms with E-state index in [1.54, 1.807) is 12.1 Å². The summed E-state index contributed by atoms with van der Waals surface area (Å²) in [7, 11) is 0. The Morgan fingerprint density at radius 2 is 2.40 bits per heavy atom. The molecule has 15 heavy (non-hydrogen) atoms. The van der Waals surface area contributed by atoms with Gasteiger partial charge in [-0.05, 0) is 19.0 Å². The number of anilines is 1. The summed E-state index contributed by atoms with van der Waals surface area (Å²) >= 11 is 0. The number of non-ortho nitro benzene ring substituents is 1. The summed E-state index contributed by atoms with van der Waals surface area (Å²) < 4.78 is 0. The molecule has 0 amide bonds. The van der Waals surface area contributed by atoms with Crippen LogP contribution in [-0.4, -0.2) is 24.1 Å². The van der Waals surface area contributed by atoms with Crippen LogP contribution in [0.5, 0.6) is 0 Å². The van der Waals surface area contributed by atoms with E-state index in [-0.39, 0.29) is 10.6 Å². The Hall–Kier alpha value is -1.62. The zero-order chi connectivity index (χ0) is 10.7. The highest BCUT2D eigenvalue weighted by molar-refractivity contribution is 5.51. The first-order valence-electron chi connectivity index (χ1n) is 4.97. The molecule has 1 fully saturated rings. The van der Waals surface area contributed by atoms with Crippen LogP contribution in [0.2, 0.25) is 0 Å². The highest BCUT2D eigenvalue weighted by atomic mass is 16.6. The second-order valence-corrected chi connectivity index (χ2v) is 3.64. The van der Waals surface area contributed by atoms with Gasteiger partial charge in [0.1, 0.15) is 0 Å². The molecule has 1 unspecified atom stereocenters. The van der Waals surface area contributed by atoms with Crippen molar-refractivity contribution in [2.24, 2.45) is 0 Å². The average molecular weight is 207 g/mol. The van der Waals surface area contributed by atoms with Gasteiger partial charge in [0.2, 0.25) is 0 Å². The Morgan fingerprint density at radius 1 is 1.53 bits per heavy atom. The highest BCUT2D eigenvalue weighted by Gasteiger charge is 2.14. The number of hydrogen-bond acceptors (Lipinski definition) is 4. The summed E-state index contributed by atoms with van der Waals surface area (Å²) in [5, 5.41) is 17.1. The Bertz CT molecular complexity index is 361. The van der Waals surface area contributed by atoms with E-state index in [9.17, 15) is 10.1 Å². The number of nitro benzene ring substituents is 1. The number of benzene rings is 1. The maximum absolute atomic E-state index is 10.6. The van der Waals surface area contributed by atoms with Crippen molar-refractivity contribution < 1.29 is 4.92 Å². The van der Waals surface area contributed by atoms with Crippen molar-refractivity contribution >= 4 is 11.4 Å². The molecular weight excluding hydrogens is 194 g/mol. The first-order chi connectivity index (χ1) is 7.25. The number of hydrogen-bond donors (Lipinski definition) is 2. The van der Waals surface area contributed by atoms with Crippen LogP contribution in [0.15, 0.2) is 24.3 Å². The largest absolute Gasteiger partial charge is 0.381 e. The minimum atomic E-state index is -0.377. The smallest absolute Gasteiger partial charge is 0.271 e. The molecule has 1 aliphatic heterocycles. The summed E-state index contributed by atoms with van der Waals surface area (Å²) in [6, 6.07) is 7.00. The molecule has 1 heterocycles. The number of nitrogens with zero attached hydrogens (tertiary/aromatic N) is 1. The summed E-state index contributed by atoms with van der Waals surface area (Å²) in [6.45, 7) is 1.93. The molecule has 0 saturated carbocycles. The standard InChI is InChI=1S/C10H13N3O2/c14-13(15)10-3-1-2-8(6-10)12-9-4-5-11-7-9/h1-3,6,9,11-12H,4-5,7H2. The van der Waals surface area contributed by atoms with Gasteiger partial charge in [0.15, 0.2) is 0 Å². The molecule has 5 heteroatoms. The van der Waals surface area contributed by atoms with Gasteiger partial charge in [0.05, 0.1) is 4.92 Å². The number of rotatable bonds is 3. The molecule has 0 aliphatic carbocycles. The zero-order valence-corrected chi connectivity index (χ0v) is 8.27. The summed E-state index contributed by atoms with van der Waals surface area (Å²) in [4.78, 5) is 10.2. The van der Waals surface area contributed by atoms with Crippen molar-refractivity contribution in [1.29, 1.82) is 0 Å². The van der Waals surface area contributed by atoms with Crippen molar-refractivity contribution in [3.05, 3.63) is 34.4 Å². The number of nitrogens with one attached hydrogen (secondary N) is 2. The van der Waals surface area contributed by atoms with E-state index in [1.807, 2.05) is 6.07 Å². The molecule has 0 aromatic heterocycles. The molecule has 1 atom stereocenters. The third kappa shape index (κ3) is 2.44. The van der Waals surface area contributed by atoms with E-state index in [4.69, 9.17) is 0 Å². The molecule has 1 aromatic rings. The molecule has 0 radical (unpaired) electrons. The van der Waals surface area contributed by atoms with Crippen molar-refractivity contribution in [2.45, 2.75) is 12.5 Å². The first kappa shape index (κ1) is 9.92. The summed E-state index contributed by atoms with van der Waals surface area (Å²) in [6.07, 6.45) is 1.06. The van der Waals surface area contributed by atoms with Gasteiger partial charge in [0.25, 0.3) is 5.69 Å². The van der Waals surface area contributed by atoms with Crippen molar-refractivity contribution in [3.63, 3.8) is 0 Å². The molecule has 1 aromatic carbocycles. The summed E-state index contributed by atoms with van der Waals surface area (Å²) in [5.41, 5.74) is 0.948. The Balaban J connectivity index is 2.07. The van der Waals surface area contributed by atoms with Crippen LogP contribution in [0, 0.1) is 10.1 Å². The van der Waals surface area contributed by atoms with Crippen LogP contribution in [0.4, 0.5) is 11.4 Å². The van der Waals surface area contributed by atoms with Gasteiger partial charge in [-0.2, -0.15) is 0 Å². The van der Waals surface area contributed by atoms with Crippen molar-refractivity contribution in [1.82, 2.24) is 5.32 Å². The van der Waals surface area contributed by atoms with E-state index < -0.39 is 0 Å². The second-order valence-electron chi connectivity index (χ2n) is 3.64. The highest BCUT2D eigenvalue weighted by Crippen LogP contribution is 2.18. The fraction of sp³-hybridized carbons (Fsp3) is 0.400. The van der Waals surface area contributed by atoms with E-state index in [0.29, 0.717) is 6.04 Å². The fourth-order valence-electron chi connectivity index (χ4n) is 1.72. The van der Waals surface area contributed by atoms with Crippen LogP contribution >= 0.6 is 0 Å². The second kappa shape index (κ2) is 4.27. The predicted molar refractivity (Wildman–Crippen MR) is 58.0 cm³/mol. The van der Waals surface area contributed by atoms with Crippen molar-refractivity contribution in [3.8, 4) is 0 Å². The number of nitro groups is 1. The maximum Gasteiger partial charge on any atom is 0.271 e. The molecule has 5 nitrogen and oxygen atoms in total. The minimum absolute atomic E-state index is 0.131. The monoisotopic (exact) mass is 207 g/mol. The van der Waals surface area contributed by atoms with Gasteiger partial charge in [-0.15, -0.1) is 0 Å². The first-order valence-corrected chi connectivity index (χ1v) is 4.97. The van der Waals surface area contributed by atoms with Gasteiger partial charge >= 0.3 is 0 Å². The lowest BCUT2D eigenvalue weighted by Gasteiger charge is -2.12.